The maximum Gasteiger partial charge on any atom is 0.192 e. The summed E-state index contributed by atoms with van der Waals surface area (Å²) in [5, 5.41) is 0.173. The lowest BCUT2D eigenvalue weighted by molar-refractivity contribution is -0.279. The van der Waals surface area contributed by atoms with E-state index in [-0.39, 0.29) is 22.0 Å². The predicted molar refractivity (Wildman–Crippen MR) is 235 cm³/mol. The number of rotatable bonds is 23. The van der Waals surface area contributed by atoms with Gasteiger partial charge in [-0.15, -0.1) is 0 Å². The van der Waals surface area contributed by atoms with Crippen molar-refractivity contribution in [2.45, 2.75) is 168 Å². The van der Waals surface area contributed by atoms with E-state index in [1.165, 1.54) is 12.8 Å². The molecule has 1 fully saturated rings. The van der Waals surface area contributed by atoms with Crippen LogP contribution in [0.2, 0.25) is 36.3 Å². The summed E-state index contributed by atoms with van der Waals surface area (Å²) < 4.78 is 37.7. The summed E-state index contributed by atoms with van der Waals surface area (Å²) >= 11 is 0. The number of hydrogen-bond acceptors (Lipinski definition) is 7. The quantitative estimate of drug-likeness (QED) is 0.0273. The third-order valence-corrected chi connectivity index (χ3v) is 20.7. The highest BCUT2D eigenvalue weighted by atomic mass is 28.4. The van der Waals surface area contributed by atoms with E-state index in [2.05, 4.69) is 99.0 Å². The minimum Gasteiger partial charge on any atom is -0.497 e. The largest absolute Gasteiger partial charge is 0.497 e. The Bertz CT molecular complexity index is 1400. The first-order chi connectivity index (χ1) is 25.6. The normalized spacial score (nSPS) is 17.7. The van der Waals surface area contributed by atoms with Crippen LogP contribution in [0.25, 0.3) is 0 Å². The number of carbonyl (C=O) groups excluding carboxylic acids is 1. The monoisotopic (exact) mass is 799 g/mol. The predicted octanol–water partition coefficient (Wildman–Crippen LogP) is 12.7. The molecule has 0 spiro atoms. The Balaban J connectivity index is 2.28. The number of hydrogen-bond donors (Lipinski definition) is 0. The van der Waals surface area contributed by atoms with Gasteiger partial charge in [0.1, 0.15) is 12.4 Å². The molecule has 1 heterocycles. The van der Waals surface area contributed by atoms with E-state index >= 15 is 0 Å². The fourth-order valence-electron chi connectivity index (χ4n) is 5.59. The van der Waals surface area contributed by atoms with Gasteiger partial charge in [0.15, 0.2) is 28.2 Å². The van der Waals surface area contributed by atoms with E-state index < -0.39 is 27.8 Å². The van der Waals surface area contributed by atoms with Crippen LogP contribution in [0.15, 0.2) is 72.6 Å². The van der Waals surface area contributed by atoms with Crippen molar-refractivity contribution in [3.63, 3.8) is 0 Å². The van der Waals surface area contributed by atoms with E-state index in [1.807, 2.05) is 50.5 Å². The molecule has 9 heteroatoms. The average molecular weight is 799 g/mol. The first kappa shape index (κ1) is 48.9. The first-order valence-corrected chi connectivity index (χ1v) is 26.4. The number of ketones is 1. The molecule has 7 nitrogen and oxygen atoms in total. The van der Waals surface area contributed by atoms with E-state index in [9.17, 15) is 4.79 Å². The van der Waals surface area contributed by atoms with Crippen LogP contribution >= 0.6 is 0 Å². The van der Waals surface area contributed by atoms with Crippen molar-refractivity contribution in [1.82, 2.24) is 0 Å². The lowest BCUT2D eigenvalue weighted by Crippen LogP contribution is -2.47. The van der Waals surface area contributed by atoms with Crippen molar-refractivity contribution < 1.29 is 32.6 Å². The zero-order valence-corrected chi connectivity index (χ0v) is 39.3. The zero-order valence-electron chi connectivity index (χ0n) is 37.3. The van der Waals surface area contributed by atoms with Crippen LogP contribution in [0.5, 0.6) is 5.75 Å². The SMILES string of the molecule is C/C=C/CCCCC/C=C/C(=C/OCc1ccc(OC)cc1)C1(CCC(=O)/C=C/C[C@@H](CO[Si](C)(C)C(C)(C)C)O[Si](C)(C)C(C)(C)C)COC(C)(C)OC1. The topological polar surface area (TPSA) is 72.5 Å². The molecule has 55 heavy (non-hydrogen) atoms. The minimum atomic E-state index is -2.07. The highest BCUT2D eigenvalue weighted by Gasteiger charge is 2.43. The number of carbonyl (C=O) groups is 1. The van der Waals surface area contributed by atoms with Crippen molar-refractivity contribution in [3.8, 4) is 5.75 Å². The number of methoxy groups -OCH3 is 1. The highest BCUT2D eigenvalue weighted by Crippen LogP contribution is 2.42. The second-order valence-corrected chi connectivity index (χ2v) is 28.3. The van der Waals surface area contributed by atoms with Gasteiger partial charge in [-0.25, -0.2) is 0 Å². The Labute approximate surface area is 338 Å². The van der Waals surface area contributed by atoms with Gasteiger partial charge in [-0.3, -0.25) is 4.79 Å². The average Bonchev–Trinajstić information content (AvgIpc) is 3.10. The van der Waals surface area contributed by atoms with Crippen molar-refractivity contribution in [2.24, 2.45) is 5.41 Å². The van der Waals surface area contributed by atoms with Crippen LogP contribution in [0.4, 0.5) is 0 Å². The maximum absolute atomic E-state index is 13.6. The summed E-state index contributed by atoms with van der Waals surface area (Å²) in [5.41, 5.74) is 1.47. The maximum atomic E-state index is 13.6. The van der Waals surface area contributed by atoms with Crippen LogP contribution in [-0.2, 0) is 34.5 Å². The molecule has 1 aliphatic rings. The van der Waals surface area contributed by atoms with Crippen molar-refractivity contribution in [2.75, 3.05) is 26.9 Å². The number of ether oxygens (including phenoxy) is 4. The molecule has 0 bridgehead atoms. The molecule has 1 aromatic carbocycles. The van der Waals surface area contributed by atoms with Gasteiger partial charge in [0.25, 0.3) is 0 Å². The van der Waals surface area contributed by atoms with Crippen LogP contribution in [0.3, 0.4) is 0 Å². The van der Waals surface area contributed by atoms with E-state index in [4.69, 9.17) is 27.8 Å². The van der Waals surface area contributed by atoms with E-state index in [1.54, 1.807) is 13.2 Å². The molecule has 0 N–H and O–H groups in total. The number of allylic oxidation sites excluding steroid dienone is 5. The molecule has 1 saturated heterocycles. The zero-order chi connectivity index (χ0) is 41.4. The summed E-state index contributed by atoms with van der Waals surface area (Å²) in [7, 11) is -2.38. The lowest BCUT2D eigenvalue weighted by atomic mass is 9.76. The van der Waals surface area contributed by atoms with Gasteiger partial charge in [-0.1, -0.05) is 90.5 Å². The molecule has 1 aliphatic heterocycles. The molecule has 0 aliphatic carbocycles. The van der Waals surface area contributed by atoms with Crippen LogP contribution < -0.4 is 4.74 Å². The van der Waals surface area contributed by atoms with Gasteiger partial charge in [0, 0.05) is 11.8 Å². The Morgan fingerprint density at radius 3 is 2.02 bits per heavy atom. The van der Waals surface area contributed by atoms with Gasteiger partial charge >= 0.3 is 0 Å². The summed E-state index contributed by atoms with van der Waals surface area (Å²) in [6, 6.07) is 7.89. The molecular formula is C46H78O7Si2. The minimum absolute atomic E-state index is 0.0685. The number of unbranched alkanes of at least 4 members (excludes halogenated alkanes) is 4. The third kappa shape index (κ3) is 17.0. The molecule has 1 atom stereocenters. The first-order valence-electron chi connectivity index (χ1n) is 20.6. The molecule has 312 valence electrons. The fourth-order valence-corrected chi connectivity index (χ4v) is 7.98. The second-order valence-electron chi connectivity index (χ2n) is 18.8. The third-order valence-electron chi connectivity index (χ3n) is 11.7. The van der Waals surface area contributed by atoms with E-state index in [0.29, 0.717) is 45.7 Å². The van der Waals surface area contributed by atoms with Gasteiger partial charge in [0.2, 0.25) is 0 Å². The molecule has 0 saturated carbocycles. The lowest BCUT2D eigenvalue weighted by Gasteiger charge is -2.44. The molecule has 1 aromatic rings. The summed E-state index contributed by atoms with van der Waals surface area (Å²) in [5.74, 6) is 0.179. The van der Waals surface area contributed by atoms with Crippen molar-refractivity contribution >= 4 is 22.4 Å². The molecule has 0 aromatic heterocycles. The van der Waals surface area contributed by atoms with E-state index in [0.717, 1.165) is 36.1 Å². The Hall–Kier alpha value is -2.28. The summed E-state index contributed by atoms with van der Waals surface area (Å²) in [4.78, 5) is 13.6. The van der Waals surface area contributed by atoms with Crippen LogP contribution in [0, 0.1) is 5.41 Å². The Morgan fingerprint density at radius 1 is 0.855 bits per heavy atom. The van der Waals surface area contributed by atoms with Crippen molar-refractivity contribution in [3.05, 3.63) is 78.1 Å². The molecule has 0 amide bonds. The molecule has 0 unspecified atom stereocenters. The molecule has 0 radical (unpaired) electrons. The Kier molecular flexibility index (Phi) is 19.6. The van der Waals surface area contributed by atoms with Gasteiger partial charge in [0.05, 0.1) is 39.3 Å². The van der Waals surface area contributed by atoms with Crippen LogP contribution in [-0.4, -0.2) is 61.2 Å². The van der Waals surface area contributed by atoms with Gasteiger partial charge in [-0.2, -0.15) is 0 Å². The molecule has 2 rings (SSSR count). The number of benzene rings is 1. The second kappa shape index (κ2) is 22.0. The van der Waals surface area contributed by atoms with Gasteiger partial charge in [-0.05, 0) is 125 Å². The summed E-state index contributed by atoms with van der Waals surface area (Å²) in [6.07, 6.45) is 21.3. The van der Waals surface area contributed by atoms with Gasteiger partial charge < -0.3 is 27.8 Å². The Morgan fingerprint density at radius 2 is 1.45 bits per heavy atom. The van der Waals surface area contributed by atoms with Crippen molar-refractivity contribution in [1.29, 1.82) is 0 Å². The smallest absolute Gasteiger partial charge is 0.192 e. The molecular weight excluding hydrogens is 721 g/mol. The fraction of sp³-hybridized carbons (Fsp3) is 0.674. The standard InChI is InChI=1S/C46H78O7Si2/c1-15-16-17-18-19-20-21-22-24-39(34-49-33-38-27-29-41(48-10)30-28-38)46(36-50-45(8,9)51-37-46)32-31-40(47)25-23-26-42(53-55(13,14)44(5,6)7)35-52-54(11,12)43(2,3)4/h15-16,22-25,27-30,34,42H,17-21,26,31-33,35-37H2,1-14H3/b16-15+,24-22+,25-23+,39-34-/t42-/m0/s1. The summed E-state index contributed by atoms with van der Waals surface area (Å²) in [6.45, 7) is 30.4. The van der Waals surface area contributed by atoms with Crippen LogP contribution in [0.1, 0.15) is 119 Å². The highest BCUT2D eigenvalue weighted by molar-refractivity contribution is 6.74.